The Bertz CT molecular complexity index is 1290. The zero-order chi connectivity index (χ0) is 22.7. The predicted molar refractivity (Wildman–Crippen MR) is 116 cm³/mol. The molecule has 0 fully saturated rings. The van der Waals surface area contributed by atoms with Gasteiger partial charge in [0.1, 0.15) is 5.75 Å². The van der Waals surface area contributed by atoms with Gasteiger partial charge in [0, 0.05) is 23.3 Å². The highest BCUT2D eigenvalue weighted by molar-refractivity contribution is 6.13. The Labute approximate surface area is 182 Å². The molecular weight excluding hydrogens is 412 g/mol. The summed E-state index contributed by atoms with van der Waals surface area (Å²) in [5, 5.41) is 10.8. The lowest BCUT2D eigenvalue weighted by Crippen LogP contribution is -2.09. The molecule has 0 atom stereocenters. The first-order valence-corrected chi connectivity index (χ1v) is 9.56. The minimum atomic E-state index is -0.691. The second kappa shape index (κ2) is 8.65. The van der Waals surface area contributed by atoms with Crippen LogP contribution in [0.3, 0.4) is 0 Å². The van der Waals surface area contributed by atoms with E-state index in [1.54, 1.807) is 30.3 Å². The number of hydrogen-bond donors (Lipinski definition) is 0. The number of nitrogens with zero attached hydrogens (tertiary/aromatic N) is 2. The monoisotopic (exact) mass is 428 g/mol. The van der Waals surface area contributed by atoms with Crippen molar-refractivity contribution >= 4 is 29.6 Å². The summed E-state index contributed by atoms with van der Waals surface area (Å²) in [6.45, 7) is 1.92. The molecule has 1 aliphatic heterocycles. The number of aryl methyl sites for hydroxylation is 1. The van der Waals surface area contributed by atoms with E-state index in [9.17, 15) is 19.7 Å². The lowest BCUT2D eigenvalue weighted by Gasteiger charge is -2.07. The highest BCUT2D eigenvalue weighted by Gasteiger charge is 2.25. The van der Waals surface area contributed by atoms with Gasteiger partial charge in [-0.25, -0.2) is 14.6 Å². The molecule has 32 heavy (non-hydrogen) atoms. The Kier molecular flexibility index (Phi) is 5.59. The maximum Gasteiger partial charge on any atom is 0.363 e. The fourth-order valence-corrected chi connectivity index (χ4v) is 3.03. The van der Waals surface area contributed by atoms with E-state index >= 15 is 0 Å². The van der Waals surface area contributed by atoms with E-state index in [4.69, 9.17) is 9.47 Å². The van der Waals surface area contributed by atoms with Crippen LogP contribution in [0.5, 0.6) is 5.75 Å². The third kappa shape index (κ3) is 4.44. The summed E-state index contributed by atoms with van der Waals surface area (Å²) in [5.41, 5.74) is 2.22. The third-order valence-electron chi connectivity index (χ3n) is 4.61. The van der Waals surface area contributed by atoms with Gasteiger partial charge in [-0.15, -0.1) is 0 Å². The van der Waals surface area contributed by atoms with Crippen molar-refractivity contribution in [2.45, 2.75) is 6.92 Å². The highest BCUT2D eigenvalue weighted by Crippen LogP contribution is 2.26. The molecule has 158 valence electrons. The van der Waals surface area contributed by atoms with E-state index in [1.165, 1.54) is 30.3 Å². The molecule has 3 aromatic rings. The summed E-state index contributed by atoms with van der Waals surface area (Å²) >= 11 is 0. The molecule has 8 nitrogen and oxygen atoms in total. The number of ether oxygens (including phenoxy) is 2. The molecule has 3 aromatic carbocycles. The van der Waals surface area contributed by atoms with Crippen molar-refractivity contribution < 1.29 is 24.0 Å². The van der Waals surface area contributed by atoms with Gasteiger partial charge < -0.3 is 9.47 Å². The molecule has 0 unspecified atom stereocenters. The molecular formula is C24H16N2O6. The van der Waals surface area contributed by atoms with Crippen LogP contribution in [0.2, 0.25) is 0 Å². The molecule has 1 heterocycles. The summed E-state index contributed by atoms with van der Waals surface area (Å²) in [7, 11) is 0. The molecule has 0 aliphatic carbocycles. The second-order valence-corrected chi connectivity index (χ2v) is 6.94. The summed E-state index contributed by atoms with van der Waals surface area (Å²) in [6.07, 6.45) is 1.48. The number of para-hydroxylation sites is 1. The zero-order valence-electron chi connectivity index (χ0n) is 16.8. The number of nitro benzene ring substituents is 1. The second-order valence-electron chi connectivity index (χ2n) is 6.94. The van der Waals surface area contributed by atoms with Crippen LogP contribution in [-0.2, 0) is 9.53 Å². The van der Waals surface area contributed by atoms with Gasteiger partial charge >= 0.3 is 11.9 Å². The number of nitro groups is 1. The number of carbonyl (C=O) groups is 2. The van der Waals surface area contributed by atoms with Crippen LogP contribution in [0.1, 0.15) is 27.0 Å². The van der Waals surface area contributed by atoms with Gasteiger partial charge in [0.2, 0.25) is 5.90 Å². The zero-order valence-corrected chi connectivity index (χ0v) is 16.8. The van der Waals surface area contributed by atoms with Gasteiger partial charge in [0.25, 0.3) is 5.69 Å². The molecule has 8 heteroatoms. The number of carbonyl (C=O) groups excluding carboxylic acids is 2. The maximum absolute atomic E-state index is 12.5. The first kappa shape index (κ1) is 20.7. The summed E-state index contributed by atoms with van der Waals surface area (Å²) in [5.74, 6) is -0.901. The van der Waals surface area contributed by atoms with Crippen molar-refractivity contribution in [1.82, 2.24) is 0 Å². The molecule has 0 radical (unpaired) electrons. The van der Waals surface area contributed by atoms with E-state index in [0.29, 0.717) is 11.1 Å². The Morgan fingerprint density at radius 2 is 1.81 bits per heavy atom. The fraction of sp³-hybridized carbons (Fsp3) is 0.0417. The molecule has 0 saturated heterocycles. The first-order chi connectivity index (χ1) is 15.4. The van der Waals surface area contributed by atoms with Gasteiger partial charge in [-0.3, -0.25) is 10.1 Å². The van der Waals surface area contributed by atoms with Crippen LogP contribution in [0.4, 0.5) is 5.69 Å². The van der Waals surface area contributed by atoms with Crippen molar-refractivity contribution in [3.63, 3.8) is 0 Å². The number of hydrogen-bond acceptors (Lipinski definition) is 7. The van der Waals surface area contributed by atoms with Crippen LogP contribution in [0.25, 0.3) is 6.08 Å². The van der Waals surface area contributed by atoms with Crippen molar-refractivity contribution in [1.29, 1.82) is 0 Å². The fourth-order valence-electron chi connectivity index (χ4n) is 3.03. The Morgan fingerprint density at radius 3 is 2.53 bits per heavy atom. The molecule has 0 bridgehead atoms. The SMILES string of the molecule is Cc1cccc(C2=N/C(=C/c3ccccc3OC(=O)c3ccc([N+](=O)[O-])cc3)C(=O)O2)c1. The number of aliphatic imine (C=N–C) groups is 1. The van der Waals surface area contributed by atoms with Crippen molar-refractivity contribution in [3.8, 4) is 5.75 Å². The maximum atomic E-state index is 12.5. The Hall–Kier alpha value is -4.59. The van der Waals surface area contributed by atoms with E-state index in [1.807, 2.05) is 25.1 Å². The molecule has 0 N–H and O–H groups in total. The van der Waals surface area contributed by atoms with E-state index in [2.05, 4.69) is 4.99 Å². The largest absolute Gasteiger partial charge is 0.422 e. The summed E-state index contributed by atoms with van der Waals surface area (Å²) in [6, 6.07) is 19.1. The van der Waals surface area contributed by atoms with E-state index in [-0.39, 0.29) is 28.6 Å². The van der Waals surface area contributed by atoms with Gasteiger partial charge in [0.15, 0.2) is 5.70 Å². The van der Waals surface area contributed by atoms with Crippen molar-refractivity contribution in [2.24, 2.45) is 4.99 Å². The van der Waals surface area contributed by atoms with Gasteiger partial charge in [-0.2, -0.15) is 0 Å². The number of rotatable bonds is 5. The molecule has 0 spiro atoms. The highest BCUT2D eigenvalue weighted by atomic mass is 16.6. The van der Waals surface area contributed by atoms with Crippen LogP contribution in [0, 0.1) is 17.0 Å². The van der Waals surface area contributed by atoms with Gasteiger partial charge in [0.05, 0.1) is 10.5 Å². The normalized spacial score (nSPS) is 14.1. The van der Waals surface area contributed by atoms with Crippen molar-refractivity contribution in [2.75, 3.05) is 0 Å². The molecule has 0 saturated carbocycles. The minimum Gasteiger partial charge on any atom is -0.422 e. The van der Waals surface area contributed by atoms with E-state index < -0.39 is 16.9 Å². The van der Waals surface area contributed by atoms with Crippen LogP contribution in [-0.4, -0.2) is 22.8 Å². The number of cyclic esters (lactones) is 1. The van der Waals surface area contributed by atoms with Crippen LogP contribution >= 0.6 is 0 Å². The summed E-state index contributed by atoms with van der Waals surface area (Å²) < 4.78 is 10.7. The number of non-ortho nitro benzene ring substituents is 1. The quantitative estimate of drug-likeness (QED) is 0.195. The summed E-state index contributed by atoms with van der Waals surface area (Å²) in [4.78, 5) is 39.3. The average Bonchev–Trinajstić information content (AvgIpc) is 3.15. The van der Waals surface area contributed by atoms with Crippen molar-refractivity contribution in [3.05, 3.63) is 111 Å². The van der Waals surface area contributed by atoms with E-state index in [0.717, 1.165) is 5.56 Å². The topological polar surface area (TPSA) is 108 Å². The van der Waals surface area contributed by atoms with Gasteiger partial charge in [-0.05, 0) is 43.3 Å². The minimum absolute atomic E-state index is 0.0698. The lowest BCUT2D eigenvalue weighted by atomic mass is 10.1. The van der Waals surface area contributed by atoms with Crippen LogP contribution < -0.4 is 4.74 Å². The smallest absolute Gasteiger partial charge is 0.363 e. The Morgan fingerprint density at radius 1 is 1.06 bits per heavy atom. The predicted octanol–water partition coefficient (Wildman–Crippen LogP) is 4.47. The number of benzene rings is 3. The number of esters is 2. The van der Waals surface area contributed by atoms with Gasteiger partial charge in [-0.1, -0.05) is 35.9 Å². The first-order valence-electron chi connectivity index (χ1n) is 9.56. The average molecular weight is 428 g/mol. The molecule has 1 aliphatic rings. The standard InChI is InChI=1S/C24H16N2O6/c1-15-5-4-7-18(13-15)22-25-20(24(28)32-22)14-17-6-2-3-8-21(17)31-23(27)16-9-11-19(12-10-16)26(29)30/h2-14H,1H3/b20-14+. The lowest BCUT2D eigenvalue weighted by molar-refractivity contribution is -0.384. The third-order valence-corrected chi connectivity index (χ3v) is 4.61. The molecule has 0 amide bonds. The Balaban J connectivity index is 1.59. The molecule has 4 rings (SSSR count). The van der Waals surface area contributed by atoms with Crippen LogP contribution in [0.15, 0.2) is 83.5 Å². The molecule has 0 aromatic heterocycles.